The molecule has 1 aromatic rings. The highest BCUT2D eigenvalue weighted by Crippen LogP contribution is 2.31. The second kappa shape index (κ2) is 4.09. The van der Waals surface area contributed by atoms with E-state index in [-0.39, 0.29) is 10.8 Å². The average molecular weight is 225 g/mol. The predicted octanol–water partition coefficient (Wildman–Crippen LogP) is 3.80. The van der Waals surface area contributed by atoms with Gasteiger partial charge in [0.05, 0.1) is 0 Å². The van der Waals surface area contributed by atoms with Crippen molar-refractivity contribution in [3.05, 3.63) is 28.8 Å². The van der Waals surface area contributed by atoms with E-state index in [1.54, 1.807) is 6.92 Å². The molecular weight excluding hydrogens is 217 g/mol. The molecule has 0 saturated carbocycles. The average Bonchev–Trinajstić information content (AvgIpc) is 2.01. The lowest BCUT2D eigenvalue weighted by atomic mass is 10.1. The van der Waals surface area contributed by atoms with Gasteiger partial charge in [-0.15, -0.1) is 13.2 Å². The van der Waals surface area contributed by atoms with Crippen molar-refractivity contribution in [3.63, 3.8) is 0 Å². The summed E-state index contributed by atoms with van der Waals surface area (Å²) >= 11 is 5.71. The molecule has 5 heteroatoms. The van der Waals surface area contributed by atoms with E-state index in [1.165, 1.54) is 18.2 Å². The molecule has 0 N–H and O–H groups in total. The van der Waals surface area contributed by atoms with E-state index in [1.807, 2.05) is 0 Å². The van der Waals surface area contributed by atoms with Gasteiger partial charge < -0.3 is 4.74 Å². The third-order valence-electron chi connectivity index (χ3n) is 1.66. The van der Waals surface area contributed by atoms with Gasteiger partial charge in [0, 0.05) is 10.6 Å². The lowest BCUT2D eigenvalue weighted by molar-refractivity contribution is -0.274. The van der Waals surface area contributed by atoms with E-state index in [4.69, 9.17) is 11.6 Å². The minimum atomic E-state index is -4.67. The first-order valence-corrected chi connectivity index (χ1v) is 4.35. The van der Waals surface area contributed by atoms with Crippen LogP contribution in [0.1, 0.15) is 12.5 Å². The summed E-state index contributed by atoms with van der Waals surface area (Å²) in [6.07, 6.45) is -4.28. The minimum absolute atomic E-state index is 0.229. The highest BCUT2D eigenvalue weighted by atomic mass is 35.5. The molecule has 0 aliphatic rings. The molecule has 1 aromatic carbocycles. The van der Waals surface area contributed by atoms with Crippen molar-refractivity contribution in [2.24, 2.45) is 0 Å². The molecule has 0 unspecified atom stereocenters. The molecule has 0 saturated heterocycles. The quantitative estimate of drug-likeness (QED) is 0.743. The van der Waals surface area contributed by atoms with Crippen LogP contribution in [0.5, 0.6) is 5.75 Å². The summed E-state index contributed by atoms with van der Waals surface area (Å²) in [5.74, 6) is -0.229. The van der Waals surface area contributed by atoms with Gasteiger partial charge in [0.15, 0.2) is 0 Å². The second-order valence-corrected chi connectivity index (χ2v) is 3.03. The van der Waals surface area contributed by atoms with Crippen LogP contribution < -0.4 is 4.74 Å². The van der Waals surface area contributed by atoms with Gasteiger partial charge in [0.1, 0.15) is 5.75 Å². The van der Waals surface area contributed by atoms with E-state index in [0.29, 0.717) is 12.0 Å². The summed E-state index contributed by atoms with van der Waals surface area (Å²) in [6.45, 7) is 1.71. The van der Waals surface area contributed by atoms with Crippen molar-refractivity contribution < 1.29 is 17.9 Å². The lowest BCUT2D eigenvalue weighted by Gasteiger charge is -2.12. The third-order valence-corrected chi connectivity index (χ3v) is 2.01. The van der Waals surface area contributed by atoms with Crippen LogP contribution >= 0.6 is 11.6 Å². The molecule has 0 bridgehead atoms. The molecule has 0 amide bonds. The number of benzene rings is 1. The van der Waals surface area contributed by atoms with Gasteiger partial charge >= 0.3 is 6.36 Å². The van der Waals surface area contributed by atoms with Crippen LogP contribution in [0.2, 0.25) is 5.02 Å². The Hall–Kier alpha value is -0.900. The Morgan fingerprint density at radius 2 is 2.00 bits per heavy atom. The Labute approximate surface area is 84.4 Å². The van der Waals surface area contributed by atoms with Crippen LogP contribution in [0.4, 0.5) is 13.2 Å². The normalized spacial score (nSPS) is 11.5. The predicted molar refractivity (Wildman–Crippen MR) is 47.5 cm³/mol. The van der Waals surface area contributed by atoms with Crippen molar-refractivity contribution in [3.8, 4) is 5.75 Å². The number of hydrogen-bond donors (Lipinski definition) is 0. The van der Waals surface area contributed by atoms with E-state index < -0.39 is 6.36 Å². The molecular formula is C9H8ClF3O. The van der Waals surface area contributed by atoms with Crippen molar-refractivity contribution in [1.82, 2.24) is 0 Å². The summed E-state index contributed by atoms with van der Waals surface area (Å²) < 4.78 is 39.6. The summed E-state index contributed by atoms with van der Waals surface area (Å²) in [7, 11) is 0. The molecule has 0 aromatic heterocycles. The lowest BCUT2D eigenvalue weighted by Crippen LogP contribution is -2.18. The van der Waals surface area contributed by atoms with E-state index in [2.05, 4.69) is 4.74 Å². The van der Waals surface area contributed by atoms with Gasteiger partial charge in [-0.05, 0) is 18.6 Å². The molecule has 0 spiro atoms. The van der Waals surface area contributed by atoms with Crippen LogP contribution in [-0.4, -0.2) is 6.36 Å². The summed E-state index contributed by atoms with van der Waals surface area (Å²) in [4.78, 5) is 0. The molecule has 0 radical (unpaired) electrons. The van der Waals surface area contributed by atoms with Crippen LogP contribution in [0.3, 0.4) is 0 Å². The topological polar surface area (TPSA) is 9.23 Å². The minimum Gasteiger partial charge on any atom is -0.405 e. The zero-order valence-electron chi connectivity index (χ0n) is 7.36. The second-order valence-electron chi connectivity index (χ2n) is 2.62. The van der Waals surface area contributed by atoms with E-state index in [9.17, 15) is 13.2 Å². The Bertz CT molecular complexity index is 322. The number of rotatable bonds is 2. The Morgan fingerprint density at radius 3 is 2.50 bits per heavy atom. The summed E-state index contributed by atoms with van der Waals surface area (Å²) in [6, 6.07) is 4.20. The van der Waals surface area contributed by atoms with Crippen LogP contribution in [0.25, 0.3) is 0 Å². The van der Waals surface area contributed by atoms with E-state index >= 15 is 0 Å². The molecule has 14 heavy (non-hydrogen) atoms. The number of alkyl halides is 3. The molecule has 1 rings (SSSR count). The fourth-order valence-corrected chi connectivity index (χ4v) is 1.40. The fraction of sp³-hybridized carbons (Fsp3) is 0.333. The smallest absolute Gasteiger partial charge is 0.405 e. The maximum atomic E-state index is 11.9. The SMILES string of the molecule is CCc1c(Cl)cccc1OC(F)(F)F. The maximum Gasteiger partial charge on any atom is 0.573 e. The standard InChI is InChI=1S/C9H8ClF3O/c1-2-6-7(10)4-3-5-8(6)14-9(11,12)13/h3-5H,2H2,1H3. The monoisotopic (exact) mass is 224 g/mol. The molecule has 78 valence electrons. The fourth-order valence-electron chi connectivity index (χ4n) is 1.10. The van der Waals surface area contributed by atoms with Crippen LogP contribution in [0, 0.1) is 0 Å². The van der Waals surface area contributed by atoms with Crippen molar-refractivity contribution in [2.45, 2.75) is 19.7 Å². The zero-order valence-corrected chi connectivity index (χ0v) is 8.12. The van der Waals surface area contributed by atoms with Gasteiger partial charge in [-0.1, -0.05) is 24.6 Å². The Morgan fingerprint density at radius 1 is 1.36 bits per heavy atom. The number of ether oxygens (including phenoxy) is 1. The van der Waals surface area contributed by atoms with Gasteiger partial charge in [0.2, 0.25) is 0 Å². The van der Waals surface area contributed by atoms with Crippen molar-refractivity contribution in [1.29, 1.82) is 0 Å². The molecule has 0 aliphatic heterocycles. The van der Waals surface area contributed by atoms with Crippen molar-refractivity contribution >= 4 is 11.6 Å². The van der Waals surface area contributed by atoms with Crippen LogP contribution in [0.15, 0.2) is 18.2 Å². The highest BCUT2D eigenvalue weighted by molar-refractivity contribution is 6.31. The number of hydrogen-bond acceptors (Lipinski definition) is 1. The first-order chi connectivity index (χ1) is 6.44. The van der Waals surface area contributed by atoms with Gasteiger partial charge in [-0.3, -0.25) is 0 Å². The molecule has 0 heterocycles. The highest BCUT2D eigenvalue weighted by Gasteiger charge is 2.32. The van der Waals surface area contributed by atoms with Gasteiger partial charge in [0.25, 0.3) is 0 Å². The molecule has 1 nitrogen and oxygen atoms in total. The first kappa shape index (κ1) is 11.2. The summed E-state index contributed by atoms with van der Waals surface area (Å²) in [5, 5.41) is 0.286. The first-order valence-electron chi connectivity index (χ1n) is 3.97. The summed E-state index contributed by atoms with van der Waals surface area (Å²) in [5.41, 5.74) is 0.367. The van der Waals surface area contributed by atoms with Gasteiger partial charge in [-0.2, -0.15) is 0 Å². The van der Waals surface area contributed by atoms with Gasteiger partial charge in [-0.25, -0.2) is 0 Å². The van der Waals surface area contributed by atoms with Crippen LogP contribution in [-0.2, 0) is 6.42 Å². The Kier molecular flexibility index (Phi) is 3.26. The largest absolute Gasteiger partial charge is 0.573 e. The maximum absolute atomic E-state index is 11.9. The van der Waals surface area contributed by atoms with Crippen molar-refractivity contribution in [2.75, 3.05) is 0 Å². The molecule has 0 fully saturated rings. The molecule has 0 aliphatic carbocycles. The Balaban J connectivity index is 3.02. The third kappa shape index (κ3) is 2.80. The number of halogens is 4. The van der Waals surface area contributed by atoms with E-state index in [0.717, 1.165) is 0 Å². The molecule has 0 atom stereocenters. The zero-order chi connectivity index (χ0) is 10.8.